The molecule has 1 aliphatic heterocycles. The molecule has 1 aromatic carbocycles. The predicted octanol–water partition coefficient (Wildman–Crippen LogP) is 3.24. The van der Waals surface area contributed by atoms with Crippen LogP contribution in [-0.4, -0.2) is 56.8 Å². The molecule has 2 atom stereocenters. The van der Waals surface area contributed by atoms with Gasteiger partial charge in [0.2, 0.25) is 11.7 Å². The van der Waals surface area contributed by atoms with E-state index in [2.05, 4.69) is 17.1 Å². The first-order valence-corrected chi connectivity index (χ1v) is 10.5. The lowest BCUT2D eigenvalue weighted by Gasteiger charge is -2.33. The van der Waals surface area contributed by atoms with E-state index >= 15 is 0 Å². The van der Waals surface area contributed by atoms with Crippen molar-refractivity contribution in [1.82, 2.24) is 10.2 Å². The van der Waals surface area contributed by atoms with E-state index in [1.165, 1.54) is 19.3 Å². The number of rotatable bonds is 7. The highest BCUT2D eigenvalue weighted by Crippen LogP contribution is 2.38. The zero-order chi connectivity index (χ0) is 19.9. The van der Waals surface area contributed by atoms with Gasteiger partial charge in [-0.25, -0.2) is 0 Å². The minimum absolute atomic E-state index is 0.0999. The summed E-state index contributed by atoms with van der Waals surface area (Å²) in [5, 5.41) is 3.25. The first-order valence-electron chi connectivity index (χ1n) is 10.5. The molecule has 1 N–H and O–H groups in total. The van der Waals surface area contributed by atoms with Crippen LogP contribution in [0, 0.1) is 5.92 Å². The monoisotopic (exact) mass is 390 g/mol. The maximum atomic E-state index is 12.4. The van der Waals surface area contributed by atoms with Gasteiger partial charge in [-0.1, -0.05) is 25.8 Å². The van der Waals surface area contributed by atoms with Crippen molar-refractivity contribution in [3.05, 3.63) is 18.2 Å². The molecular formula is C22H34N2O4. The smallest absolute Gasteiger partial charge is 0.234 e. The summed E-state index contributed by atoms with van der Waals surface area (Å²) in [6.07, 6.45) is 6.72. The van der Waals surface area contributed by atoms with Crippen molar-refractivity contribution in [3.63, 3.8) is 0 Å². The summed E-state index contributed by atoms with van der Waals surface area (Å²) in [7, 11) is 3.27. The fourth-order valence-corrected chi connectivity index (χ4v) is 4.27. The van der Waals surface area contributed by atoms with Gasteiger partial charge in [0.15, 0.2) is 11.5 Å². The van der Waals surface area contributed by atoms with Gasteiger partial charge in [0.1, 0.15) is 6.10 Å². The van der Waals surface area contributed by atoms with Gasteiger partial charge in [-0.3, -0.25) is 9.69 Å². The number of ether oxygens (including phenoxy) is 3. The van der Waals surface area contributed by atoms with Crippen molar-refractivity contribution >= 4 is 5.91 Å². The molecule has 1 amide bonds. The van der Waals surface area contributed by atoms with Gasteiger partial charge in [-0.2, -0.15) is 0 Å². The minimum Gasteiger partial charge on any atom is -0.493 e. The molecule has 0 spiro atoms. The molecule has 1 saturated carbocycles. The normalized spacial score (nSPS) is 23.8. The SMILES string of the molecule is COc1cccc(OC)c1OC1CCN(CC(=O)NC2CCCCC2C)CC1. The zero-order valence-corrected chi connectivity index (χ0v) is 17.4. The van der Waals surface area contributed by atoms with Crippen molar-refractivity contribution < 1.29 is 19.0 Å². The number of likely N-dealkylation sites (tertiary alicyclic amines) is 1. The number of hydrogen-bond acceptors (Lipinski definition) is 5. The molecule has 0 radical (unpaired) electrons. The number of carbonyl (C=O) groups excluding carboxylic acids is 1. The number of piperidine rings is 1. The highest BCUT2D eigenvalue weighted by atomic mass is 16.5. The number of nitrogens with one attached hydrogen (secondary N) is 1. The predicted molar refractivity (Wildman–Crippen MR) is 109 cm³/mol. The molecule has 3 rings (SSSR count). The van der Waals surface area contributed by atoms with Crippen LogP contribution in [0.1, 0.15) is 45.4 Å². The van der Waals surface area contributed by atoms with E-state index in [-0.39, 0.29) is 12.0 Å². The fraction of sp³-hybridized carbons (Fsp3) is 0.682. The molecule has 0 bridgehead atoms. The van der Waals surface area contributed by atoms with Gasteiger partial charge in [0.05, 0.1) is 20.8 Å². The Bertz CT molecular complexity index is 621. The Morgan fingerprint density at radius 1 is 1.07 bits per heavy atom. The number of benzene rings is 1. The highest BCUT2D eigenvalue weighted by molar-refractivity contribution is 5.78. The largest absolute Gasteiger partial charge is 0.493 e. The summed E-state index contributed by atoms with van der Waals surface area (Å²) >= 11 is 0. The average molecular weight is 391 g/mol. The second-order valence-electron chi connectivity index (χ2n) is 8.02. The summed E-state index contributed by atoms with van der Waals surface area (Å²) < 4.78 is 17.0. The quantitative estimate of drug-likeness (QED) is 0.774. The van der Waals surface area contributed by atoms with E-state index in [0.29, 0.717) is 35.8 Å². The number of hydrogen-bond donors (Lipinski definition) is 1. The lowest BCUT2D eigenvalue weighted by Crippen LogP contribution is -2.48. The molecule has 1 aliphatic carbocycles. The first kappa shape index (κ1) is 20.8. The summed E-state index contributed by atoms with van der Waals surface area (Å²) in [4.78, 5) is 14.7. The molecule has 1 heterocycles. The molecule has 0 aromatic heterocycles. The minimum atomic E-state index is 0.0999. The summed E-state index contributed by atoms with van der Waals surface area (Å²) in [5.74, 6) is 2.78. The third-order valence-electron chi connectivity index (χ3n) is 6.03. The Labute approximate surface area is 168 Å². The van der Waals surface area contributed by atoms with Crippen molar-refractivity contribution in [2.75, 3.05) is 33.9 Å². The van der Waals surface area contributed by atoms with Gasteiger partial charge < -0.3 is 19.5 Å². The average Bonchev–Trinajstić information content (AvgIpc) is 2.71. The maximum Gasteiger partial charge on any atom is 0.234 e. The molecule has 28 heavy (non-hydrogen) atoms. The van der Waals surface area contributed by atoms with Gasteiger partial charge in [0, 0.05) is 19.1 Å². The Hall–Kier alpha value is -1.95. The van der Waals surface area contributed by atoms with Crippen LogP contribution in [0.25, 0.3) is 0 Å². The number of amides is 1. The third-order valence-corrected chi connectivity index (χ3v) is 6.03. The Kier molecular flexibility index (Phi) is 7.43. The maximum absolute atomic E-state index is 12.4. The van der Waals surface area contributed by atoms with Crippen LogP contribution in [0.2, 0.25) is 0 Å². The van der Waals surface area contributed by atoms with Gasteiger partial charge in [-0.05, 0) is 43.7 Å². The van der Waals surface area contributed by atoms with Crippen molar-refractivity contribution in [3.8, 4) is 17.2 Å². The molecule has 2 aliphatic rings. The van der Waals surface area contributed by atoms with E-state index < -0.39 is 0 Å². The lowest BCUT2D eigenvalue weighted by molar-refractivity contribution is -0.124. The van der Waals surface area contributed by atoms with E-state index in [0.717, 1.165) is 32.4 Å². The van der Waals surface area contributed by atoms with Crippen molar-refractivity contribution in [2.45, 2.75) is 57.6 Å². The van der Waals surface area contributed by atoms with E-state index in [9.17, 15) is 4.79 Å². The van der Waals surface area contributed by atoms with E-state index in [4.69, 9.17) is 14.2 Å². The third kappa shape index (κ3) is 5.31. The van der Waals surface area contributed by atoms with Gasteiger partial charge in [-0.15, -0.1) is 0 Å². The van der Waals surface area contributed by atoms with Crippen molar-refractivity contribution in [1.29, 1.82) is 0 Å². The molecule has 2 fully saturated rings. The molecule has 1 aromatic rings. The summed E-state index contributed by atoms with van der Waals surface area (Å²) in [5.41, 5.74) is 0. The van der Waals surface area contributed by atoms with Crippen LogP contribution in [0.15, 0.2) is 18.2 Å². The van der Waals surface area contributed by atoms with Crippen LogP contribution in [0.5, 0.6) is 17.2 Å². The summed E-state index contributed by atoms with van der Waals surface area (Å²) in [6.45, 7) is 4.44. The van der Waals surface area contributed by atoms with Gasteiger partial charge in [0.25, 0.3) is 0 Å². The summed E-state index contributed by atoms with van der Waals surface area (Å²) in [6, 6.07) is 5.99. The first-order chi connectivity index (χ1) is 13.6. The Balaban J connectivity index is 1.46. The Morgan fingerprint density at radius 2 is 1.71 bits per heavy atom. The zero-order valence-electron chi connectivity index (χ0n) is 17.4. The standard InChI is InChI=1S/C22H34N2O4/c1-16-7-4-5-8-18(16)23-21(25)15-24-13-11-17(12-14-24)28-22-19(26-2)9-6-10-20(22)27-3/h6,9-10,16-18H,4-5,7-8,11-15H2,1-3H3,(H,23,25). The number of nitrogens with zero attached hydrogens (tertiary/aromatic N) is 1. The van der Waals surface area contributed by atoms with Gasteiger partial charge >= 0.3 is 0 Å². The lowest BCUT2D eigenvalue weighted by atomic mass is 9.86. The number of para-hydroxylation sites is 1. The van der Waals surface area contributed by atoms with E-state index in [1.54, 1.807) is 14.2 Å². The van der Waals surface area contributed by atoms with Crippen molar-refractivity contribution in [2.24, 2.45) is 5.92 Å². The number of carbonyl (C=O) groups is 1. The molecule has 156 valence electrons. The molecule has 6 heteroatoms. The number of methoxy groups -OCH3 is 2. The van der Waals surface area contributed by atoms with Crippen LogP contribution in [0.3, 0.4) is 0 Å². The second-order valence-corrected chi connectivity index (χ2v) is 8.02. The second kappa shape index (κ2) is 10.0. The van der Waals surface area contributed by atoms with Crippen LogP contribution >= 0.6 is 0 Å². The highest BCUT2D eigenvalue weighted by Gasteiger charge is 2.26. The van der Waals surface area contributed by atoms with E-state index in [1.807, 2.05) is 18.2 Å². The van der Waals surface area contributed by atoms with Crippen LogP contribution in [-0.2, 0) is 4.79 Å². The van der Waals surface area contributed by atoms with Crippen LogP contribution in [0.4, 0.5) is 0 Å². The Morgan fingerprint density at radius 3 is 2.32 bits per heavy atom. The fourth-order valence-electron chi connectivity index (χ4n) is 4.27. The molecule has 6 nitrogen and oxygen atoms in total. The molecule has 1 saturated heterocycles. The van der Waals surface area contributed by atoms with Crippen LogP contribution < -0.4 is 19.5 Å². The molecular weight excluding hydrogens is 356 g/mol. The molecule has 2 unspecified atom stereocenters. The topological polar surface area (TPSA) is 60.0 Å².